The number of hydrogen-bond acceptors (Lipinski definition) is 3. The average Bonchev–Trinajstić information content (AvgIpc) is 2.98. The predicted molar refractivity (Wildman–Crippen MR) is 71.2 cm³/mol. The van der Waals surface area contributed by atoms with Gasteiger partial charge in [-0.05, 0) is 17.7 Å². The normalized spacial score (nSPS) is 18.1. The molecule has 1 unspecified atom stereocenters. The maximum atomic E-state index is 11.9. The SMILES string of the molecule is COc1ccc(CNC(=O)C2CCC[NH2+]2)cc1OC. The van der Waals surface area contributed by atoms with Crippen molar-refractivity contribution in [2.75, 3.05) is 20.8 Å². The molecule has 0 bridgehead atoms. The maximum Gasteiger partial charge on any atom is 0.278 e. The molecule has 1 amide bonds. The number of benzene rings is 1. The van der Waals surface area contributed by atoms with Crippen LogP contribution < -0.4 is 20.1 Å². The first-order valence-corrected chi connectivity index (χ1v) is 6.56. The summed E-state index contributed by atoms with van der Waals surface area (Å²) in [5.41, 5.74) is 1.00. The Labute approximate surface area is 113 Å². The van der Waals surface area contributed by atoms with E-state index in [0.29, 0.717) is 18.0 Å². The molecule has 1 fully saturated rings. The van der Waals surface area contributed by atoms with Gasteiger partial charge in [-0.2, -0.15) is 0 Å². The van der Waals surface area contributed by atoms with E-state index in [2.05, 4.69) is 10.6 Å². The molecule has 0 aliphatic carbocycles. The van der Waals surface area contributed by atoms with E-state index in [9.17, 15) is 4.79 Å². The quantitative estimate of drug-likeness (QED) is 0.790. The first-order valence-electron chi connectivity index (χ1n) is 6.56. The van der Waals surface area contributed by atoms with Crippen LogP contribution in [0.2, 0.25) is 0 Å². The zero-order chi connectivity index (χ0) is 13.7. The highest BCUT2D eigenvalue weighted by Gasteiger charge is 2.25. The number of hydrogen-bond donors (Lipinski definition) is 2. The molecule has 104 valence electrons. The number of rotatable bonds is 5. The van der Waals surface area contributed by atoms with E-state index in [4.69, 9.17) is 9.47 Å². The number of nitrogens with two attached hydrogens (primary N) is 1. The second kappa shape index (κ2) is 6.43. The number of amides is 1. The Morgan fingerprint density at radius 2 is 2.16 bits per heavy atom. The van der Waals surface area contributed by atoms with Gasteiger partial charge in [-0.15, -0.1) is 0 Å². The van der Waals surface area contributed by atoms with Crippen LogP contribution in [0.25, 0.3) is 0 Å². The van der Waals surface area contributed by atoms with Crippen LogP contribution in [-0.4, -0.2) is 32.7 Å². The van der Waals surface area contributed by atoms with E-state index in [-0.39, 0.29) is 11.9 Å². The highest BCUT2D eigenvalue weighted by atomic mass is 16.5. The number of carbonyl (C=O) groups is 1. The fourth-order valence-electron chi connectivity index (χ4n) is 2.32. The molecule has 0 saturated carbocycles. The van der Waals surface area contributed by atoms with Gasteiger partial charge in [-0.25, -0.2) is 0 Å². The maximum absolute atomic E-state index is 11.9. The zero-order valence-electron chi connectivity index (χ0n) is 11.4. The minimum atomic E-state index is 0.0835. The van der Waals surface area contributed by atoms with Gasteiger partial charge in [-0.3, -0.25) is 4.79 Å². The molecule has 0 spiro atoms. The van der Waals surface area contributed by atoms with Crippen molar-refractivity contribution < 1.29 is 19.6 Å². The Morgan fingerprint density at radius 3 is 2.79 bits per heavy atom. The summed E-state index contributed by atoms with van der Waals surface area (Å²) < 4.78 is 10.4. The average molecular weight is 265 g/mol. The lowest BCUT2D eigenvalue weighted by molar-refractivity contribution is -0.657. The first kappa shape index (κ1) is 13.7. The topological polar surface area (TPSA) is 64.2 Å². The lowest BCUT2D eigenvalue weighted by Crippen LogP contribution is -2.89. The molecule has 1 aromatic carbocycles. The molecule has 1 atom stereocenters. The first-order chi connectivity index (χ1) is 9.24. The van der Waals surface area contributed by atoms with E-state index in [1.807, 2.05) is 18.2 Å². The largest absolute Gasteiger partial charge is 0.493 e. The van der Waals surface area contributed by atoms with Gasteiger partial charge in [0.25, 0.3) is 5.91 Å². The molecular formula is C14H21N2O3+. The molecule has 5 heteroatoms. The summed E-state index contributed by atoms with van der Waals surface area (Å²) >= 11 is 0. The Bertz CT molecular complexity index is 442. The van der Waals surface area contributed by atoms with Crippen molar-refractivity contribution in [3.63, 3.8) is 0 Å². The third-order valence-corrected chi connectivity index (χ3v) is 3.42. The van der Waals surface area contributed by atoms with Gasteiger partial charge in [0.05, 0.1) is 20.8 Å². The lowest BCUT2D eigenvalue weighted by Gasteiger charge is -2.11. The van der Waals surface area contributed by atoms with Crippen LogP contribution in [0.4, 0.5) is 0 Å². The molecule has 1 aromatic rings. The zero-order valence-corrected chi connectivity index (χ0v) is 11.4. The van der Waals surface area contributed by atoms with E-state index in [1.54, 1.807) is 14.2 Å². The lowest BCUT2D eigenvalue weighted by atomic mass is 10.2. The van der Waals surface area contributed by atoms with Crippen LogP contribution in [0.1, 0.15) is 18.4 Å². The number of quaternary nitrogens is 1. The molecule has 5 nitrogen and oxygen atoms in total. The van der Waals surface area contributed by atoms with Gasteiger partial charge in [0.1, 0.15) is 0 Å². The van der Waals surface area contributed by atoms with Crippen molar-refractivity contribution in [3.8, 4) is 11.5 Å². The number of ether oxygens (including phenoxy) is 2. The van der Waals surface area contributed by atoms with Crippen molar-refractivity contribution in [2.45, 2.75) is 25.4 Å². The molecule has 0 aromatic heterocycles. The van der Waals surface area contributed by atoms with Gasteiger partial charge in [0, 0.05) is 19.4 Å². The molecule has 3 N–H and O–H groups in total. The van der Waals surface area contributed by atoms with Crippen LogP contribution in [0.5, 0.6) is 11.5 Å². The van der Waals surface area contributed by atoms with Gasteiger partial charge in [0.15, 0.2) is 17.5 Å². The van der Waals surface area contributed by atoms with Crippen molar-refractivity contribution in [1.29, 1.82) is 0 Å². The van der Waals surface area contributed by atoms with Gasteiger partial charge in [-0.1, -0.05) is 6.07 Å². The van der Waals surface area contributed by atoms with E-state index >= 15 is 0 Å². The monoisotopic (exact) mass is 265 g/mol. The number of methoxy groups -OCH3 is 2. The summed E-state index contributed by atoms with van der Waals surface area (Å²) in [6.45, 7) is 1.57. The molecule has 1 heterocycles. The standard InChI is InChI=1S/C14H20N2O3/c1-18-12-6-5-10(8-13(12)19-2)9-16-14(17)11-4-3-7-15-11/h5-6,8,11,15H,3-4,7,9H2,1-2H3,(H,16,17)/p+1. The van der Waals surface area contributed by atoms with Gasteiger partial charge < -0.3 is 20.1 Å². The van der Waals surface area contributed by atoms with Crippen molar-refractivity contribution in [3.05, 3.63) is 23.8 Å². The Morgan fingerprint density at radius 1 is 1.37 bits per heavy atom. The molecule has 2 rings (SSSR count). The fourth-order valence-corrected chi connectivity index (χ4v) is 2.32. The smallest absolute Gasteiger partial charge is 0.278 e. The molecular weight excluding hydrogens is 244 g/mol. The second-order valence-electron chi connectivity index (χ2n) is 4.68. The van der Waals surface area contributed by atoms with Crippen molar-refractivity contribution >= 4 is 5.91 Å². The fraction of sp³-hybridized carbons (Fsp3) is 0.500. The molecule has 1 saturated heterocycles. The summed E-state index contributed by atoms with van der Waals surface area (Å²) in [6.07, 6.45) is 2.09. The second-order valence-corrected chi connectivity index (χ2v) is 4.68. The van der Waals surface area contributed by atoms with E-state index in [0.717, 1.165) is 24.9 Å². The van der Waals surface area contributed by atoms with Crippen LogP contribution >= 0.6 is 0 Å². The Balaban J connectivity index is 1.93. The summed E-state index contributed by atoms with van der Waals surface area (Å²) in [5, 5.41) is 5.06. The van der Waals surface area contributed by atoms with Crippen LogP contribution in [-0.2, 0) is 11.3 Å². The molecule has 19 heavy (non-hydrogen) atoms. The number of carbonyl (C=O) groups excluding carboxylic acids is 1. The minimum absolute atomic E-state index is 0.0835. The third kappa shape index (κ3) is 3.38. The number of nitrogens with one attached hydrogen (secondary N) is 1. The summed E-state index contributed by atoms with van der Waals surface area (Å²) in [5.74, 6) is 1.50. The molecule has 1 aliphatic rings. The third-order valence-electron chi connectivity index (χ3n) is 3.42. The van der Waals surface area contributed by atoms with Gasteiger partial charge in [0.2, 0.25) is 0 Å². The summed E-state index contributed by atoms with van der Waals surface area (Å²) in [7, 11) is 3.21. The highest BCUT2D eigenvalue weighted by molar-refractivity contribution is 5.80. The highest BCUT2D eigenvalue weighted by Crippen LogP contribution is 2.27. The Kier molecular flexibility index (Phi) is 4.63. The summed E-state index contributed by atoms with van der Waals surface area (Å²) in [6, 6.07) is 5.75. The van der Waals surface area contributed by atoms with Crippen molar-refractivity contribution in [1.82, 2.24) is 5.32 Å². The van der Waals surface area contributed by atoms with E-state index < -0.39 is 0 Å². The van der Waals surface area contributed by atoms with Gasteiger partial charge >= 0.3 is 0 Å². The minimum Gasteiger partial charge on any atom is -0.493 e. The predicted octanol–water partition coefficient (Wildman–Crippen LogP) is 0.0458. The van der Waals surface area contributed by atoms with Crippen molar-refractivity contribution in [2.24, 2.45) is 0 Å². The van der Waals surface area contributed by atoms with Crippen LogP contribution in [0.15, 0.2) is 18.2 Å². The van der Waals surface area contributed by atoms with Crippen LogP contribution in [0.3, 0.4) is 0 Å². The van der Waals surface area contributed by atoms with Crippen LogP contribution in [0, 0.1) is 0 Å². The Hall–Kier alpha value is -1.75. The summed E-state index contributed by atoms with van der Waals surface area (Å²) in [4.78, 5) is 11.9. The van der Waals surface area contributed by atoms with E-state index in [1.165, 1.54) is 0 Å². The molecule has 0 radical (unpaired) electrons. The molecule has 1 aliphatic heterocycles.